The van der Waals surface area contributed by atoms with Crippen LogP contribution < -0.4 is 4.72 Å². The summed E-state index contributed by atoms with van der Waals surface area (Å²) in [6.45, 7) is 2.03. The number of hydrogen-bond acceptors (Lipinski definition) is 2. The fraction of sp³-hybridized carbons (Fsp3) is 0.273. The molecule has 17 heavy (non-hydrogen) atoms. The Balaban J connectivity index is 2.88. The summed E-state index contributed by atoms with van der Waals surface area (Å²) in [5, 5.41) is 0. The first-order valence-electron chi connectivity index (χ1n) is 4.81. The highest BCUT2D eigenvalue weighted by atomic mass is 79.9. The van der Waals surface area contributed by atoms with Crippen LogP contribution in [0.1, 0.15) is 13.3 Å². The van der Waals surface area contributed by atoms with Gasteiger partial charge >= 0.3 is 0 Å². The molecule has 1 N–H and O–H groups in total. The summed E-state index contributed by atoms with van der Waals surface area (Å²) >= 11 is 6.47. The van der Waals surface area contributed by atoms with Gasteiger partial charge in [0.1, 0.15) is 0 Å². The zero-order chi connectivity index (χ0) is 12.9. The lowest BCUT2D eigenvalue weighted by Crippen LogP contribution is -2.24. The van der Waals surface area contributed by atoms with E-state index in [0.29, 0.717) is 17.4 Å². The Morgan fingerprint density at radius 2 is 2.06 bits per heavy atom. The van der Waals surface area contributed by atoms with Crippen LogP contribution in [0, 0.1) is 11.8 Å². The monoisotopic (exact) mass is 379 g/mol. The number of rotatable bonds is 4. The van der Waals surface area contributed by atoms with Crippen molar-refractivity contribution in [3.8, 4) is 11.8 Å². The molecule has 0 aliphatic heterocycles. The molecule has 0 fully saturated rings. The van der Waals surface area contributed by atoms with Gasteiger partial charge in [-0.25, -0.2) is 13.1 Å². The molecular formula is C11H11Br2NO2S. The van der Waals surface area contributed by atoms with Gasteiger partial charge in [0.05, 0.1) is 4.90 Å². The third kappa shape index (κ3) is 4.43. The number of halogens is 2. The minimum atomic E-state index is -3.49. The lowest BCUT2D eigenvalue weighted by molar-refractivity contribution is 0.582. The van der Waals surface area contributed by atoms with Crippen molar-refractivity contribution in [1.29, 1.82) is 0 Å². The van der Waals surface area contributed by atoms with E-state index in [-0.39, 0.29) is 4.90 Å². The van der Waals surface area contributed by atoms with E-state index in [1.165, 1.54) is 0 Å². The van der Waals surface area contributed by atoms with Gasteiger partial charge in [-0.2, -0.15) is 0 Å². The predicted molar refractivity (Wildman–Crippen MR) is 75.1 cm³/mol. The van der Waals surface area contributed by atoms with E-state index in [1.807, 2.05) is 0 Å². The molecule has 0 radical (unpaired) electrons. The van der Waals surface area contributed by atoms with Gasteiger partial charge in [-0.1, -0.05) is 15.9 Å². The molecule has 1 aromatic carbocycles. The summed E-state index contributed by atoms with van der Waals surface area (Å²) in [6, 6.07) is 5.01. The number of benzene rings is 1. The van der Waals surface area contributed by atoms with Gasteiger partial charge in [-0.3, -0.25) is 0 Å². The Morgan fingerprint density at radius 3 is 2.71 bits per heavy atom. The molecule has 0 heterocycles. The zero-order valence-electron chi connectivity index (χ0n) is 9.13. The molecule has 0 bridgehead atoms. The van der Waals surface area contributed by atoms with Gasteiger partial charge in [0.2, 0.25) is 10.0 Å². The maximum absolute atomic E-state index is 12.0. The minimum Gasteiger partial charge on any atom is -0.210 e. The van der Waals surface area contributed by atoms with Crippen molar-refractivity contribution in [3.63, 3.8) is 0 Å². The molecule has 0 unspecified atom stereocenters. The van der Waals surface area contributed by atoms with E-state index in [9.17, 15) is 8.42 Å². The maximum Gasteiger partial charge on any atom is 0.241 e. The quantitative estimate of drug-likeness (QED) is 0.644. The van der Waals surface area contributed by atoms with Crippen LogP contribution in [0.2, 0.25) is 0 Å². The normalized spacial score (nSPS) is 10.8. The summed E-state index contributed by atoms with van der Waals surface area (Å²) in [5.74, 6) is 5.51. The van der Waals surface area contributed by atoms with Crippen molar-refractivity contribution in [2.75, 3.05) is 6.54 Å². The smallest absolute Gasteiger partial charge is 0.210 e. The molecule has 92 valence electrons. The lowest BCUT2D eigenvalue weighted by Gasteiger charge is -2.07. The van der Waals surface area contributed by atoms with E-state index >= 15 is 0 Å². The van der Waals surface area contributed by atoms with Gasteiger partial charge in [-0.15, -0.1) is 11.8 Å². The van der Waals surface area contributed by atoms with E-state index in [1.54, 1.807) is 25.1 Å². The standard InChI is InChI=1S/C11H11Br2NO2S/c1-2-3-4-7-14-17(15,16)11-8-9(12)5-6-10(11)13/h5-6,8,14H,4,7H2,1H3. The molecule has 0 aliphatic rings. The van der Waals surface area contributed by atoms with Gasteiger partial charge in [-0.05, 0) is 41.1 Å². The average Bonchev–Trinajstić information content (AvgIpc) is 2.28. The molecule has 1 aromatic rings. The zero-order valence-corrected chi connectivity index (χ0v) is 13.1. The molecule has 0 aliphatic carbocycles. The third-order valence-corrected chi connectivity index (χ3v) is 4.85. The average molecular weight is 381 g/mol. The largest absolute Gasteiger partial charge is 0.241 e. The second-order valence-corrected chi connectivity index (χ2v) is 6.65. The van der Waals surface area contributed by atoms with E-state index < -0.39 is 10.0 Å². The first-order chi connectivity index (χ1) is 7.97. The van der Waals surface area contributed by atoms with Crippen LogP contribution in [0.5, 0.6) is 0 Å². The Hall–Kier alpha value is -0.350. The van der Waals surface area contributed by atoms with Gasteiger partial charge in [0, 0.05) is 21.9 Å². The molecule has 0 saturated heterocycles. The first kappa shape index (κ1) is 14.7. The van der Waals surface area contributed by atoms with Crippen LogP contribution in [0.25, 0.3) is 0 Å². The summed E-state index contributed by atoms with van der Waals surface area (Å²) in [5.41, 5.74) is 0. The Morgan fingerprint density at radius 1 is 1.35 bits per heavy atom. The third-order valence-electron chi connectivity index (χ3n) is 1.90. The fourth-order valence-electron chi connectivity index (χ4n) is 1.13. The predicted octanol–water partition coefficient (Wildman–Crippen LogP) is 2.90. The van der Waals surface area contributed by atoms with Crippen LogP contribution in [-0.4, -0.2) is 15.0 Å². The second kappa shape index (κ2) is 6.55. The summed E-state index contributed by atoms with van der Waals surface area (Å²) in [7, 11) is -3.49. The molecule has 0 saturated carbocycles. The summed E-state index contributed by atoms with van der Waals surface area (Å²) in [4.78, 5) is 0.219. The summed E-state index contributed by atoms with van der Waals surface area (Å²) in [6.07, 6.45) is 0.501. The van der Waals surface area contributed by atoms with Gasteiger partial charge in [0.25, 0.3) is 0 Å². The minimum absolute atomic E-state index is 0.219. The molecular weight excluding hydrogens is 370 g/mol. The van der Waals surface area contributed by atoms with Gasteiger partial charge < -0.3 is 0 Å². The SMILES string of the molecule is CC#CCCNS(=O)(=O)c1cc(Br)ccc1Br. The van der Waals surface area contributed by atoms with E-state index in [2.05, 4.69) is 48.4 Å². The summed E-state index contributed by atoms with van der Waals surface area (Å²) < 4.78 is 27.7. The van der Waals surface area contributed by atoms with Crippen molar-refractivity contribution in [2.24, 2.45) is 0 Å². The van der Waals surface area contributed by atoms with Crippen molar-refractivity contribution in [1.82, 2.24) is 4.72 Å². The van der Waals surface area contributed by atoms with Crippen molar-refractivity contribution in [2.45, 2.75) is 18.2 Å². The van der Waals surface area contributed by atoms with Gasteiger partial charge in [0.15, 0.2) is 0 Å². The lowest BCUT2D eigenvalue weighted by atomic mass is 10.4. The van der Waals surface area contributed by atoms with Crippen LogP contribution in [0.3, 0.4) is 0 Å². The topological polar surface area (TPSA) is 46.2 Å². The molecule has 1 rings (SSSR count). The molecule has 0 atom stereocenters. The number of sulfonamides is 1. The highest BCUT2D eigenvalue weighted by Crippen LogP contribution is 2.25. The first-order valence-corrected chi connectivity index (χ1v) is 7.88. The van der Waals surface area contributed by atoms with Crippen LogP contribution >= 0.6 is 31.9 Å². The van der Waals surface area contributed by atoms with E-state index in [0.717, 1.165) is 4.47 Å². The van der Waals surface area contributed by atoms with E-state index in [4.69, 9.17) is 0 Å². The highest BCUT2D eigenvalue weighted by Gasteiger charge is 2.16. The molecule has 0 aromatic heterocycles. The molecule has 0 amide bonds. The maximum atomic E-state index is 12.0. The van der Waals surface area contributed by atoms with Crippen molar-refractivity contribution < 1.29 is 8.42 Å². The Kier molecular flexibility index (Phi) is 5.67. The highest BCUT2D eigenvalue weighted by molar-refractivity contribution is 9.11. The van der Waals surface area contributed by atoms with Crippen LogP contribution in [-0.2, 0) is 10.0 Å². The number of nitrogens with one attached hydrogen (secondary N) is 1. The van der Waals surface area contributed by atoms with Crippen molar-refractivity contribution >= 4 is 41.9 Å². The fourth-order valence-corrected chi connectivity index (χ4v) is 3.67. The van der Waals surface area contributed by atoms with Crippen molar-refractivity contribution in [3.05, 3.63) is 27.1 Å². The molecule has 3 nitrogen and oxygen atoms in total. The Bertz CT molecular complexity index is 559. The second-order valence-electron chi connectivity index (χ2n) is 3.15. The Labute approximate surface area is 118 Å². The van der Waals surface area contributed by atoms with Crippen LogP contribution in [0.15, 0.2) is 32.0 Å². The number of hydrogen-bond donors (Lipinski definition) is 1. The molecule has 0 spiro atoms. The molecule has 6 heteroatoms. The van der Waals surface area contributed by atoms with Crippen LogP contribution in [0.4, 0.5) is 0 Å².